The van der Waals surface area contributed by atoms with Gasteiger partial charge in [0.25, 0.3) is 5.91 Å². The molecule has 4 heterocycles. The van der Waals surface area contributed by atoms with Crippen LogP contribution in [0.4, 0.5) is 24.5 Å². The number of imidazole rings is 1. The Bertz CT molecular complexity index is 2520. The van der Waals surface area contributed by atoms with Gasteiger partial charge in [-0.3, -0.25) is 33.5 Å². The van der Waals surface area contributed by atoms with E-state index in [0.29, 0.717) is 40.7 Å². The zero-order valence-electron chi connectivity index (χ0n) is 34.3. The van der Waals surface area contributed by atoms with Crippen molar-refractivity contribution in [3.8, 4) is 0 Å². The van der Waals surface area contributed by atoms with Crippen LogP contribution in [0.2, 0.25) is 0 Å². The van der Waals surface area contributed by atoms with Crippen LogP contribution in [-0.4, -0.2) is 79.4 Å². The maximum atomic E-state index is 13.5. The summed E-state index contributed by atoms with van der Waals surface area (Å²) in [7, 11) is 3.95. The summed E-state index contributed by atoms with van der Waals surface area (Å²) in [5, 5.41) is 21.8. The van der Waals surface area contributed by atoms with Crippen molar-refractivity contribution in [2.75, 3.05) is 36.9 Å². The van der Waals surface area contributed by atoms with E-state index in [1.165, 1.54) is 16.7 Å². The molecule has 1 atom stereocenters. The summed E-state index contributed by atoms with van der Waals surface area (Å²) >= 11 is 0. The van der Waals surface area contributed by atoms with Crippen molar-refractivity contribution in [3.63, 3.8) is 0 Å². The van der Waals surface area contributed by atoms with Crippen molar-refractivity contribution in [2.45, 2.75) is 95.1 Å². The minimum Gasteiger partial charge on any atom is -0.386 e. The average molecular weight is 829 g/mol. The number of aryl methyl sites for hydroxylation is 1. The number of amides is 3. The van der Waals surface area contributed by atoms with Crippen LogP contribution in [-0.2, 0) is 28.4 Å². The van der Waals surface area contributed by atoms with Crippen LogP contribution in [0.25, 0.3) is 21.9 Å². The Kier molecular flexibility index (Phi) is 10.9. The molecule has 1 saturated carbocycles. The van der Waals surface area contributed by atoms with E-state index in [9.17, 15) is 37.5 Å². The molecule has 0 bridgehead atoms. The fourth-order valence-corrected chi connectivity index (χ4v) is 9.52. The number of alkyl halides is 3. The lowest BCUT2D eigenvalue weighted by Crippen LogP contribution is -2.45. The normalized spacial score (nSPS) is 20.9. The topological polar surface area (TPSA) is 147 Å². The Hall–Kier alpha value is -5.48. The fourth-order valence-electron chi connectivity index (χ4n) is 9.52. The zero-order chi connectivity index (χ0) is 42.7. The van der Waals surface area contributed by atoms with Crippen LogP contribution in [0.5, 0.6) is 0 Å². The number of nitrogens with zero attached hydrogens (tertiary/aromatic N) is 6. The van der Waals surface area contributed by atoms with Crippen molar-refractivity contribution < 1.29 is 32.7 Å². The molecule has 0 radical (unpaired) electrons. The lowest BCUT2D eigenvalue weighted by Gasteiger charge is -2.40. The first-order valence-corrected chi connectivity index (χ1v) is 20.7. The summed E-state index contributed by atoms with van der Waals surface area (Å²) in [6.45, 7) is 5.82. The van der Waals surface area contributed by atoms with Crippen LogP contribution < -0.4 is 21.2 Å². The third-order valence-electron chi connectivity index (χ3n) is 12.8. The molecule has 60 heavy (non-hydrogen) atoms. The number of halogens is 3. The first kappa shape index (κ1) is 41.3. The van der Waals surface area contributed by atoms with Crippen LogP contribution in [0, 0.1) is 5.92 Å². The summed E-state index contributed by atoms with van der Waals surface area (Å²) in [4.78, 5) is 56.0. The van der Waals surface area contributed by atoms with Gasteiger partial charge in [-0.05, 0) is 114 Å². The van der Waals surface area contributed by atoms with Gasteiger partial charge in [-0.2, -0.15) is 18.3 Å². The number of hydrogen-bond donors (Lipinski definition) is 3. The number of para-hydroxylation sites is 1. The van der Waals surface area contributed by atoms with Crippen molar-refractivity contribution in [2.24, 2.45) is 13.0 Å². The Morgan fingerprint density at radius 1 is 0.967 bits per heavy atom. The molecule has 0 spiro atoms. The molecule has 3 N–H and O–H groups in total. The number of carbonyl (C=O) groups excluding carboxylic acids is 3. The van der Waals surface area contributed by atoms with E-state index in [-0.39, 0.29) is 29.6 Å². The Labute approximate surface area is 345 Å². The third-order valence-corrected chi connectivity index (χ3v) is 12.8. The van der Waals surface area contributed by atoms with Gasteiger partial charge in [0.05, 0.1) is 39.4 Å². The molecular formula is C44H51F3N8O5. The summed E-state index contributed by atoms with van der Waals surface area (Å²) in [6, 6.07) is 13.4. The molecule has 2 aromatic heterocycles. The molecule has 2 saturated heterocycles. The molecule has 3 aromatic carbocycles. The van der Waals surface area contributed by atoms with Crippen LogP contribution in [0.1, 0.15) is 98.8 Å². The van der Waals surface area contributed by atoms with Gasteiger partial charge in [-0.25, -0.2) is 4.79 Å². The van der Waals surface area contributed by atoms with Crippen LogP contribution >= 0.6 is 0 Å². The first-order chi connectivity index (χ1) is 28.5. The van der Waals surface area contributed by atoms with Gasteiger partial charge in [-0.1, -0.05) is 12.1 Å². The largest absolute Gasteiger partial charge is 0.416 e. The van der Waals surface area contributed by atoms with E-state index < -0.39 is 35.2 Å². The lowest BCUT2D eigenvalue weighted by atomic mass is 9.85. The highest BCUT2D eigenvalue weighted by molar-refractivity contribution is 6.06. The SMILES string of the molecule is CN(C[C@H]1CC[C@H](n2cc3cc(NC(=O)c4cccc(C(F)(F)F)c4)c(C(C)(C)O)cc3n2)CC1)C1CCN(c2cccc3c2n(C)c(=O)n3C2CCC(=O)NC2=O)CC1. The van der Waals surface area contributed by atoms with E-state index in [1.54, 1.807) is 37.6 Å². The van der Waals surface area contributed by atoms with E-state index in [2.05, 4.69) is 27.5 Å². The van der Waals surface area contributed by atoms with Crippen molar-refractivity contribution in [1.82, 2.24) is 29.1 Å². The predicted octanol–water partition coefficient (Wildman–Crippen LogP) is 6.50. The second-order valence-corrected chi connectivity index (χ2v) is 17.3. The van der Waals surface area contributed by atoms with Gasteiger partial charge >= 0.3 is 11.9 Å². The van der Waals surface area contributed by atoms with Gasteiger partial charge in [0.15, 0.2) is 0 Å². The predicted molar refractivity (Wildman–Crippen MR) is 222 cm³/mol. The Balaban J connectivity index is 0.885. The van der Waals surface area contributed by atoms with Crippen LogP contribution in [0.3, 0.4) is 0 Å². The Morgan fingerprint density at radius 3 is 2.37 bits per heavy atom. The molecule has 3 fully saturated rings. The smallest absolute Gasteiger partial charge is 0.386 e. The Morgan fingerprint density at radius 2 is 1.68 bits per heavy atom. The zero-order valence-corrected chi connectivity index (χ0v) is 34.3. The number of carbonyl (C=O) groups is 3. The highest BCUT2D eigenvalue weighted by Crippen LogP contribution is 2.38. The van der Waals surface area contributed by atoms with E-state index in [0.717, 1.165) is 86.9 Å². The van der Waals surface area contributed by atoms with Crippen LogP contribution in [0.15, 0.2) is 65.6 Å². The summed E-state index contributed by atoms with van der Waals surface area (Å²) in [5.74, 6) is -0.939. The molecule has 13 nitrogen and oxygen atoms in total. The molecule has 318 valence electrons. The molecule has 3 aliphatic rings. The van der Waals surface area contributed by atoms with E-state index >= 15 is 0 Å². The molecule has 2 aliphatic heterocycles. The summed E-state index contributed by atoms with van der Waals surface area (Å²) in [6.07, 6.45) is 3.76. The minimum atomic E-state index is -4.59. The molecule has 5 aromatic rings. The van der Waals surface area contributed by atoms with Gasteiger partial charge in [0, 0.05) is 67.5 Å². The van der Waals surface area contributed by atoms with Gasteiger partial charge in [-0.15, -0.1) is 0 Å². The quantitative estimate of drug-likeness (QED) is 0.143. The van der Waals surface area contributed by atoms with Crippen molar-refractivity contribution in [1.29, 1.82) is 0 Å². The number of benzene rings is 3. The second kappa shape index (κ2) is 15.8. The minimum absolute atomic E-state index is 0.140. The molecule has 1 aliphatic carbocycles. The number of aromatic nitrogens is 4. The third kappa shape index (κ3) is 8.06. The number of hydrogen-bond acceptors (Lipinski definition) is 8. The number of anilines is 2. The maximum absolute atomic E-state index is 13.5. The highest BCUT2D eigenvalue weighted by Gasteiger charge is 2.34. The number of fused-ring (bicyclic) bond motifs is 2. The molecular weight excluding hydrogens is 778 g/mol. The number of aliphatic hydroxyl groups is 1. The maximum Gasteiger partial charge on any atom is 0.416 e. The van der Waals surface area contributed by atoms with E-state index in [4.69, 9.17) is 5.10 Å². The standard InChI is InChI=1S/C44H51F3N8O5/c1-43(2,60)32-23-33-28(22-34(32)48-40(57)27-7-5-8-29(21-27)44(45,46)47)25-54(50-33)31-13-11-26(12-14-31)24-51(3)30-17-19-53(20-18-30)35-9-6-10-36-39(35)52(4)42(59)55(36)37-15-16-38(56)49-41(37)58/h5-10,21-23,25-26,30-31,37,60H,11-20,24H2,1-4H3,(H,48,57)(H,49,56,58)/t26-,31-,37?. The molecule has 3 amide bonds. The first-order valence-electron chi connectivity index (χ1n) is 20.7. The average Bonchev–Trinajstić information content (AvgIpc) is 3.74. The van der Waals surface area contributed by atoms with Gasteiger partial charge < -0.3 is 20.2 Å². The lowest BCUT2D eigenvalue weighted by molar-refractivity contribution is -0.138. The van der Waals surface area contributed by atoms with Gasteiger partial charge in [0.1, 0.15) is 6.04 Å². The summed E-state index contributed by atoms with van der Waals surface area (Å²) < 4.78 is 45.1. The summed E-state index contributed by atoms with van der Waals surface area (Å²) in [5.41, 5.74) is 1.13. The van der Waals surface area contributed by atoms with Gasteiger partial charge in [0.2, 0.25) is 11.8 Å². The number of imide groups is 1. The number of piperidine rings is 2. The molecule has 16 heteroatoms. The number of nitrogens with one attached hydrogen (secondary N) is 2. The van der Waals surface area contributed by atoms with Crippen molar-refractivity contribution >= 4 is 51.0 Å². The number of rotatable bonds is 9. The molecule has 8 rings (SSSR count). The van der Waals surface area contributed by atoms with E-state index in [1.807, 2.05) is 29.1 Å². The fraction of sp³-hybridized carbons (Fsp3) is 0.477. The monoisotopic (exact) mass is 828 g/mol. The highest BCUT2D eigenvalue weighted by atomic mass is 19.4. The molecule has 1 unspecified atom stereocenters. The van der Waals surface area contributed by atoms with Crippen molar-refractivity contribution in [3.05, 3.63) is 88.0 Å². The second-order valence-electron chi connectivity index (χ2n) is 17.3.